The lowest BCUT2D eigenvalue weighted by Crippen LogP contribution is -2.44. The Bertz CT molecular complexity index is 1260. The molecule has 31 heavy (non-hydrogen) atoms. The Morgan fingerprint density at radius 2 is 1.58 bits per heavy atom. The number of benzene rings is 3. The van der Waals surface area contributed by atoms with Gasteiger partial charge in [0.05, 0.1) is 19.0 Å². The summed E-state index contributed by atoms with van der Waals surface area (Å²) in [6.45, 7) is 11.5. The molecule has 0 fully saturated rings. The average Bonchev–Trinajstić information content (AvgIpc) is 2.74. The van der Waals surface area contributed by atoms with Crippen molar-refractivity contribution in [2.24, 2.45) is 7.05 Å². The summed E-state index contributed by atoms with van der Waals surface area (Å²) in [5, 5.41) is 3.93. The molecule has 0 bridgehead atoms. The van der Waals surface area contributed by atoms with Crippen molar-refractivity contribution in [2.75, 3.05) is 0 Å². The molecule has 1 heterocycles. The van der Waals surface area contributed by atoms with Crippen molar-refractivity contribution in [2.45, 2.75) is 39.4 Å². The molecule has 0 atom stereocenters. The SMILES string of the molecule is Cc1cc(F)c(-c2ccccc2)cc1-c1c2ccc([Si](C)(C)C(C)C)cc2cc[n+]1C. The monoisotopic (exact) mass is 428 g/mol. The lowest BCUT2D eigenvalue weighted by molar-refractivity contribution is -0.659. The fourth-order valence-corrected chi connectivity index (χ4v) is 5.92. The highest BCUT2D eigenvalue weighted by atomic mass is 28.3. The zero-order chi connectivity index (χ0) is 22.3. The van der Waals surface area contributed by atoms with E-state index in [2.05, 4.69) is 69.0 Å². The van der Waals surface area contributed by atoms with Crippen molar-refractivity contribution < 1.29 is 8.96 Å². The molecule has 0 aliphatic carbocycles. The molecule has 1 nitrogen and oxygen atoms in total. The van der Waals surface area contributed by atoms with Gasteiger partial charge in [-0.15, -0.1) is 0 Å². The normalized spacial score (nSPS) is 12.0. The summed E-state index contributed by atoms with van der Waals surface area (Å²) < 4.78 is 17.1. The van der Waals surface area contributed by atoms with Crippen LogP contribution in [0.3, 0.4) is 0 Å². The first kappa shape index (κ1) is 21.4. The zero-order valence-corrected chi connectivity index (χ0v) is 20.3. The fourth-order valence-electron chi connectivity index (χ4n) is 4.21. The molecule has 0 spiro atoms. The van der Waals surface area contributed by atoms with Crippen molar-refractivity contribution in [1.82, 2.24) is 0 Å². The van der Waals surface area contributed by atoms with Crippen LogP contribution in [0.2, 0.25) is 18.6 Å². The smallest absolute Gasteiger partial charge is 0.206 e. The van der Waals surface area contributed by atoms with Crippen LogP contribution in [0.25, 0.3) is 33.2 Å². The van der Waals surface area contributed by atoms with E-state index in [4.69, 9.17) is 0 Å². The standard InChI is InChI=1S/C28H31FNSi/c1-19(2)31(5,6)23-12-13-24-22(17-23)14-15-30(4)28(24)25-18-26(27(29)16-20(25)3)21-10-8-7-9-11-21/h7-19H,1-6H3/q+1. The number of hydrogen-bond donors (Lipinski definition) is 0. The average molecular weight is 429 g/mol. The molecule has 0 radical (unpaired) electrons. The van der Waals surface area contributed by atoms with Gasteiger partial charge >= 0.3 is 0 Å². The lowest BCUT2D eigenvalue weighted by atomic mass is 9.94. The molecule has 0 N–H and O–H groups in total. The van der Waals surface area contributed by atoms with Gasteiger partial charge in [0, 0.05) is 11.6 Å². The number of aromatic nitrogens is 1. The second-order valence-corrected chi connectivity index (χ2v) is 14.6. The molecule has 0 saturated heterocycles. The quantitative estimate of drug-likeness (QED) is 0.249. The van der Waals surface area contributed by atoms with Crippen molar-refractivity contribution >= 4 is 24.0 Å². The van der Waals surface area contributed by atoms with Crippen LogP contribution < -0.4 is 9.75 Å². The van der Waals surface area contributed by atoms with Crippen molar-refractivity contribution in [3.8, 4) is 22.4 Å². The molecule has 4 aromatic rings. The van der Waals surface area contributed by atoms with Crippen LogP contribution >= 0.6 is 0 Å². The summed E-state index contributed by atoms with van der Waals surface area (Å²) in [6, 6.07) is 22.6. The van der Waals surface area contributed by atoms with Crippen LogP contribution in [0, 0.1) is 12.7 Å². The molecule has 0 saturated carbocycles. The molecule has 0 aliphatic rings. The van der Waals surface area contributed by atoms with Gasteiger partial charge in [-0.25, -0.2) is 8.96 Å². The highest BCUT2D eigenvalue weighted by Gasteiger charge is 2.28. The minimum absolute atomic E-state index is 0.178. The fraction of sp³-hybridized carbons (Fsp3) is 0.250. The topological polar surface area (TPSA) is 3.88 Å². The number of hydrogen-bond acceptors (Lipinski definition) is 0. The minimum Gasteiger partial charge on any atom is -0.206 e. The maximum atomic E-state index is 14.9. The van der Waals surface area contributed by atoms with Crippen LogP contribution in [0.5, 0.6) is 0 Å². The Morgan fingerprint density at radius 1 is 0.871 bits per heavy atom. The number of pyridine rings is 1. The van der Waals surface area contributed by atoms with Crippen molar-refractivity contribution in [3.63, 3.8) is 0 Å². The van der Waals surface area contributed by atoms with Gasteiger partial charge in [0.1, 0.15) is 12.9 Å². The zero-order valence-electron chi connectivity index (χ0n) is 19.3. The van der Waals surface area contributed by atoms with Gasteiger partial charge in [0.15, 0.2) is 6.20 Å². The summed E-state index contributed by atoms with van der Waals surface area (Å²) in [5.74, 6) is -0.178. The van der Waals surface area contributed by atoms with Gasteiger partial charge in [-0.05, 0) is 47.2 Å². The summed E-state index contributed by atoms with van der Waals surface area (Å²) in [7, 11) is 0.558. The Labute approximate surface area is 186 Å². The first-order chi connectivity index (χ1) is 14.7. The van der Waals surface area contributed by atoms with E-state index in [1.807, 2.05) is 43.3 Å². The highest BCUT2D eigenvalue weighted by molar-refractivity contribution is 6.91. The Hall–Kier alpha value is -2.78. The van der Waals surface area contributed by atoms with Gasteiger partial charge in [0.2, 0.25) is 5.69 Å². The minimum atomic E-state index is -1.51. The van der Waals surface area contributed by atoms with E-state index in [0.717, 1.165) is 22.4 Å². The number of rotatable bonds is 4. The van der Waals surface area contributed by atoms with Crippen LogP contribution in [0.15, 0.2) is 72.9 Å². The molecule has 1 aromatic heterocycles. The maximum absolute atomic E-state index is 14.9. The molecular weight excluding hydrogens is 397 g/mol. The molecule has 0 aliphatic heterocycles. The van der Waals surface area contributed by atoms with Gasteiger partial charge in [0.25, 0.3) is 0 Å². The number of nitrogens with zero attached hydrogens (tertiary/aromatic N) is 1. The Balaban J connectivity index is 1.95. The van der Waals surface area contributed by atoms with E-state index in [1.54, 1.807) is 6.07 Å². The van der Waals surface area contributed by atoms with E-state index in [0.29, 0.717) is 11.1 Å². The third-order valence-electron chi connectivity index (χ3n) is 6.98. The predicted octanol–water partition coefficient (Wildman–Crippen LogP) is 6.77. The van der Waals surface area contributed by atoms with E-state index >= 15 is 0 Å². The molecular formula is C28H31FNSi+. The predicted molar refractivity (Wildman–Crippen MR) is 133 cm³/mol. The van der Waals surface area contributed by atoms with Gasteiger partial charge in [-0.3, -0.25) is 0 Å². The van der Waals surface area contributed by atoms with Crippen LogP contribution in [0.4, 0.5) is 4.39 Å². The summed E-state index contributed by atoms with van der Waals surface area (Å²) >= 11 is 0. The molecule has 0 amide bonds. The summed E-state index contributed by atoms with van der Waals surface area (Å²) in [4.78, 5) is 0. The number of halogens is 1. The van der Waals surface area contributed by atoms with Crippen LogP contribution in [-0.4, -0.2) is 8.07 Å². The van der Waals surface area contributed by atoms with Gasteiger partial charge in [-0.1, -0.05) is 74.6 Å². The van der Waals surface area contributed by atoms with Crippen molar-refractivity contribution in [3.05, 3.63) is 84.3 Å². The summed E-state index contributed by atoms with van der Waals surface area (Å²) in [5.41, 5.74) is 5.36. The lowest BCUT2D eigenvalue weighted by Gasteiger charge is -2.27. The first-order valence-electron chi connectivity index (χ1n) is 11.0. The molecule has 0 unspecified atom stereocenters. The van der Waals surface area contributed by atoms with Crippen LogP contribution in [0.1, 0.15) is 19.4 Å². The Morgan fingerprint density at radius 3 is 2.26 bits per heavy atom. The number of aryl methyl sites for hydroxylation is 2. The first-order valence-corrected chi connectivity index (χ1v) is 14.1. The molecule has 158 valence electrons. The molecule has 3 aromatic carbocycles. The van der Waals surface area contributed by atoms with E-state index in [-0.39, 0.29) is 5.82 Å². The summed E-state index contributed by atoms with van der Waals surface area (Å²) in [6.07, 6.45) is 2.12. The Kier molecular flexibility index (Phi) is 5.57. The maximum Gasteiger partial charge on any atom is 0.220 e. The third kappa shape index (κ3) is 3.83. The van der Waals surface area contributed by atoms with Gasteiger partial charge < -0.3 is 0 Å². The third-order valence-corrected chi connectivity index (χ3v) is 11.7. The molecule has 4 rings (SSSR count). The largest absolute Gasteiger partial charge is 0.220 e. The van der Waals surface area contributed by atoms with E-state index in [9.17, 15) is 4.39 Å². The number of fused-ring (bicyclic) bond motifs is 1. The van der Waals surface area contributed by atoms with E-state index < -0.39 is 8.07 Å². The second-order valence-electron chi connectivity index (χ2n) is 9.47. The van der Waals surface area contributed by atoms with Crippen molar-refractivity contribution in [1.29, 1.82) is 0 Å². The van der Waals surface area contributed by atoms with Gasteiger partial charge in [-0.2, -0.15) is 0 Å². The second kappa shape index (κ2) is 8.05. The molecule has 3 heteroatoms. The van der Waals surface area contributed by atoms with Crippen LogP contribution in [-0.2, 0) is 7.05 Å². The highest BCUT2D eigenvalue weighted by Crippen LogP contribution is 2.34. The van der Waals surface area contributed by atoms with E-state index in [1.165, 1.54) is 16.0 Å².